The molecule has 0 amide bonds. The van der Waals surface area contributed by atoms with Crippen LogP contribution in [0.25, 0.3) is 0 Å². The number of rotatable bonds is 9. The van der Waals surface area contributed by atoms with Crippen LogP contribution in [-0.2, 0) is 4.74 Å². The van der Waals surface area contributed by atoms with Gasteiger partial charge >= 0.3 is 0 Å². The second kappa shape index (κ2) is 14.8. The summed E-state index contributed by atoms with van der Waals surface area (Å²) in [7, 11) is 4.05. The molecule has 0 aromatic rings. The van der Waals surface area contributed by atoms with E-state index in [0.29, 0.717) is 12.0 Å². The second-order valence-electron chi connectivity index (χ2n) is 8.07. The zero-order chi connectivity index (χ0) is 18.6. The van der Waals surface area contributed by atoms with Gasteiger partial charge in [-0.05, 0) is 32.2 Å². The van der Waals surface area contributed by atoms with Crippen molar-refractivity contribution in [3.63, 3.8) is 0 Å². The van der Waals surface area contributed by atoms with Crippen LogP contribution in [0, 0.1) is 5.92 Å². The largest absolute Gasteiger partial charge is 0.378 e. The van der Waals surface area contributed by atoms with E-state index in [0.717, 1.165) is 38.6 Å². The van der Waals surface area contributed by atoms with E-state index in [1.807, 2.05) is 7.05 Å². The van der Waals surface area contributed by atoms with Crippen LogP contribution in [0.4, 0.5) is 0 Å². The van der Waals surface area contributed by atoms with Crippen LogP contribution in [-0.4, -0.2) is 88.4 Å². The molecule has 2 fully saturated rings. The maximum absolute atomic E-state index is 5.98. The highest BCUT2D eigenvalue weighted by Gasteiger charge is 2.16. The molecule has 0 aromatic carbocycles. The standard InChI is InChI=1S/C20H41N5O.HI/c1-18(17-25-13-11-24(3)12-14-25)16-23-20(21-2)22-10-7-15-26-19-8-5-4-6-9-19;/h18-19H,4-17H2,1-3H3,(H2,21,22,23);1H. The van der Waals surface area contributed by atoms with Crippen molar-refractivity contribution in [3.05, 3.63) is 0 Å². The van der Waals surface area contributed by atoms with Gasteiger partial charge in [-0.25, -0.2) is 0 Å². The predicted octanol–water partition coefficient (Wildman–Crippen LogP) is 2.39. The summed E-state index contributed by atoms with van der Waals surface area (Å²) in [6.45, 7) is 11.0. The summed E-state index contributed by atoms with van der Waals surface area (Å²) in [6, 6.07) is 0. The van der Waals surface area contributed by atoms with E-state index in [1.54, 1.807) is 0 Å². The van der Waals surface area contributed by atoms with Crippen LogP contribution in [0.1, 0.15) is 45.4 Å². The van der Waals surface area contributed by atoms with Gasteiger partial charge in [0.25, 0.3) is 0 Å². The number of hydrogen-bond acceptors (Lipinski definition) is 4. The van der Waals surface area contributed by atoms with Crippen molar-refractivity contribution in [3.8, 4) is 0 Å². The van der Waals surface area contributed by atoms with E-state index < -0.39 is 0 Å². The summed E-state index contributed by atoms with van der Waals surface area (Å²) in [4.78, 5) is 9.32. The van der Waals surface area contributed by atoms with Crippen LogP contribution in [0.3, 0.4) is 0 Å². The van der Waals surface area contributed by atoms with Crippen molar-refractivity contribution >= 4 is 29.9 Å². The van der Waals surface area contributed by atoms with Crippen molar-refractivity contribution < 1.29 is 4.74 Å². The molecule has 1 aliphatic carbocycles. The van der Waals surface area contributed by atoms with Crippen LogP contribution >= 0.6 is 24.0 Å². The number of likely N-dealkylation sites (N-methyl/N-ethyl adjacent to an activating group) is 1. The van der Waals surface area contributed by atoms with Gasteiger partial charge in [-0.3, -0.25) is 4.99 Å². The summed E-state index contributed by atoms with van der Waals surface area (Å²) in [5.41, 5.74) is 0. The normalized spacial score (nSPS) is 21.5. The maximum atomic E-state index is 5.98. The molecule has 6 nitrogen and oxygen atoms in total. The van der Waals surface area contributed by atoms with Crippen molar-refractivity contribution in [1.82, 2.24) is 20.4 Å². The van der Waals surface area contributed by atoms with E-state index >= 15 is 0 Å². The third kappa shape index (κ3) is 10.9. The molecule has 0 aromatic heterocycles. The number of hydrogen-bond donors (Lipinski definition) is 2. The predicted molar refractivity (Wildman–Crippen MR) is 125 cm³/mol. The molecule has 27 heavy (non-hydrogen) atoms. The van der Waals surface area contributed by atoms with Gasteiger partial charge in [-0.1, -0.05) is 26.2 Å². The molecule has 2 rings (SSSR count). The second-order valence-corrected chi connectivity index (χ2v) is 8.07. The van der Waals surface area contributed by atoms with Gasteiger partial charge in [-0.15, -0.1) is 24.0 Å². The third-order valence-electron chi connectivity index (χ3n) is 5.53. The first-order valence-corrected chi connectivity index (χ1v) is 10.6. The Balaban J connectivity index is 0.00000364. The van der Waals surface area contributed by atoms with E-state index in [4.69, 9.17) is 4.74 Å². The lowest BCUT2D eigenvalue weighted by Gasteiger charge is -2.34. The first kappa shape index (κ1) is 24.9. The molecule has 1 aliphatic heterocycles. The number of ether oxygens (including phenoxy) is 1. The van der Waals surface area contributed by atoms with Crippen LogP contribution in [0.5, 0.6) is 0 Å². The highest BCUT2D eigenvalue weighted by molar-refractivity contribution is 14.0. The molecule has 2 N–H and O–H groups in total. The smallest absolute Gasteiger partial charge is 0.190 e. The quantitative estimate of drug-likeness (QED) is 0.223. The Morgan fingerprint density at radius 1 is 1.11 bits per heavy atom. The van der Waals surface area contributed by atoms with Gasteiger partial charge in [-0.2, -0.15) is 0 Å². The molecule has 1 saturated carbocycles. The van der Waals surface area contributed by atoms with Gasteiger partial charge in [0.2, 0.25) is 0 Å². The number of nitrogens with zero attached hydrogens (tertiary/aromatic N) is 3. The Kier molecular flexibility index (Phi) is 13.7. The molecule has 0 radical (unpaired) electrons. The fourth-order valence-corrected chi connectivity index (χ4v) is 3.79. The van der Waals surface area contributed by atoms with E-state index in [1.165, 1.54) is 58.3 Å². The maximum Gasteiger partial charge on any atom is 0.190 e. The molecule has 0 spiro atoms. The summed E-state index contributed by atoms with van der Waals surface area (Å²) in [6.07, 6.45) is 8.11. The molecule has 1 heterocycles. The SMILES string of the molecule is CN=C(NCCCOC1CCCCC1)NCC(C)CN1CCN(C)CC1.I. The molecule has 1 saturated heterocycles. The van der Waals surface area contributed by atoms with Crippen molar-refractivity contribution in [2.75, 3.05) is 66.5 Å². The monoisotopic (exact) mass is 495 g/mol. The van der Waals surface area contributed by atoms with E-state index in [-0.39, 0.29) is 24.0 Å². The molecule has 2 aliphatic rings. The fourth-order valence-electron chi connectivity index (χ4n) is 3.79. The molecular formula is C20H42IN5O. The van der Waals surface area contributed by atoms with Crippen molar-refractivity contribution in [2.45, 2.75) is 51.6 Å². The Labute approximate surface area is 183 Å². The van der Waals surface area contributed by atoms with Crippen molar-refractivity contribution in [2.24, 2.45) is 10.9 Å². The van der Waals surface area contributed by atoms with Crippen LogP contribution in [0.2, 0.25) is 0 Å². The zero-order valence-corrected chi connectivity index (χ0v) is 20.0. The Bertz CT molecular complexity index is 396. The minimum atomic E-state index is 0. The summed E-state index contributed by atoms with van der Waals surface area (Å²) >= 11 is 0. The zero-order valence-electron chi connectivity index (χ0n) is 17.7. The first-order chi connectivity index (χ1) is 12.7. The van der Waals surface area contributed by atoms with E-state index in [9.17, 15) is 0 Å². The number of nitrogens with one attached hydrogen (secondary N) is 2. The van der Waals surface area contributed by atoms with Gasteiger partial charge in [0.05, 0.1) is 6.10 Å². The summed E-state index contributed by atoms with van der Waals surface area (Å²) < 4.78 is 5.98. The van der Waals surface area contributed by atoms with Crippen LogP contribution < -0.4 is 10.6 Å². The third-order valence-corrected chi connectivity index (χ3v) is 5.53. The Hall–Kier alpha value is -0.120. The summed E-state index contributed by atoms with van der Waals surface area (Å²) in [5, 5.41) is 6.88. The molecule has 0 bridgehead atoms. The number of guanidine groups is 1. The van der Waals surface area contributed by atoms with Gasteiger partial charge < -0.3 is 25.2 Å². The molecule has 1 atom stereocenters. The van der Waals surface area contributed by atoms with Crippen LogP contribution in [0.15, 0.2) is 4.99 Å². The Morgan fingerprint density at radius 2 is 1.81 bits per heavy atom. The number of piperazine rings is 1. The average Bonchev–Trinajstić information content (AvgIpc) is 2.66. The lowest BCUT2D eigenvalue weighted by molar-refractivity contribution is 0.0277. The highest BCUT2D eigenvalue weighted by atomic mass is 127. The molecule has 160 valence electrons. The fraction of sp³-hybridized carbons (Fsp3) is 0.950. The average molecular weight is 495 g/mol. The minimum absolute atomic E-state index is 0. The molecular weight excluding hydrogens is 453 g/mol. The number of halogens is 1. The molecule has 7 heteroatoms. The first-order valence-electron chi connectivity index (χ1n) is 10.6. The lowest BCUT2D eigenvalue weighted by Crippen LogP contribution is -2.47. The summed E-state index contributed by atoms with van der Waals surface area (Å²) in [5.74, 6) is 1.53. The minimum Gasteiger partial charge on any atom is -0.378 e. The molecule has 1 unspecified atom stereocenters. The Morgan fingerprint density at radius 3 is 2.48 bits per heavy atom. The van der Waals surface area contributed by atoms with Gasteiger partial charge in [0.15, 0.2) is 5.96 Å². The van der Waals surface area contributed by atoms with Crippen molar-refractivity contribution in [1.29, 1.82) is 0 Å². The number of aliphatic imine (C=N–C) groups is 1. The topological polar surface area (TPSA) is 52.1 Å². The van der Waals surface area contributed by atoms with E-state index in [2.05, 4.69) is 39.4 Å². The highest BCUT2D eigenvalue weighted by Crippen LogP contribution is 2.20. The van der Waals surface area contributed by atoms with Gasteiger partial charge in [0.1, 0.15) is 0 Å². The lowest BCUT2D eigenvalue weighted by atomic mass is 9.98. The van der Waals surface area contributed by atoms with Gasteiger partial charge in [0, 0.05) is 59.5 Å².